The van der Waals surface area contributed by atoms with Crippen LogP contribution in [-0.4, -0.2) is 27.9 Å². The van der Waals surface area contributed by atoms with Crippen LogP contribution in [0.25, 0.3) is 0 Å². The second kappa shape index (κ2) is 5.27. The van der Waals surface area contributed by atoms with Crippen molar-refractivity contribution in [3.05, 3.63) is 35.9 Å². The maximum Gasteiger partial charge on any atom is 0.305 e. The predicted octanol–water partition coefficient (Wildman–Crippen LogP) is 1.19. The number of carbonyl (C=O) groups is 2. The summed E-state index contributed by atoms with van der Waals surface area (Å²) in [5, 5.41) is 11.5. The number of rotatable bonds is 4. The van der Waals surface area contributed by atoms with Crippen LogP contribution < -0.4 is 5.32 Å². The highest BCUT2D eigenvalue weighted by molar-refractivity contribution is 7.80. The van der Waals surface area contributed by atoms with Crippen LogP contribution in [-0.2, 0) is 16.0 Å². The smallest absolute Gasteiger partial charge is 0.305 e. The van der Waals surface area contributed by atoms with Crippen LogP contribution >= 0.6 is 12.2 Å². The number of ketones is 1. The zero-order chi connectivity index (χ0) is 13.1. The molecule has 2 unspecified atom stereocenters. The van der Waals surface area contributed by atoms with Gasteiger partial charge in [0, 0.05) is 0 Å². The first-order chi connectivity index (χ1) is 8.58. The van der Waals surface area contributed by atoms with Crippen molar-refractivity contribution in [3.8, 4) is 0 Å². The summed E-state index contributed by atoms with van der Waals surface area (Å²) in [5.41, 5.74) is 1.02. The first kappa shape index (κ1) is 12.7. The van der Waals surface area contributed by atoms with Gasteiger partial charge in [0.05, 0.1) is 23.4 Å². The fraction of sp³-hybridized carbons (Fsp3) is 0.308. The van der Waals surface area contributed by atoms with Crippen LogP contribution in [0.3, 0.4) is 0 Å². The van der Waals surface area contributed by atoms with Crippen molar-refractivity contribution in [1.29, 1.82) is 0 Å². The Morgan fingerprint density at radius 1 is 1.33 bits per heavy atom. The second-order valence-electron chi connectivity index (χ2n) is 4.30. The summed E-state index contributed by atoms with van der Waals surface area (Å²) in [6.45, 7) is 0. The van der Waals surface area contributed by atoms with E-state index in [0.29, 0.717) is 11.4 Å². The van der Waals surface area contributed by atoms with Crippen molar-refractivity contribution in [1.82, 2.24) is 5.32 Å². The van der Waals surface area contributed by atoms with Crippen molar-refractivity contribution >= 4 is 29.0 Å². The number of carboxylic acid groups (broad SMARTS) is 1. The van der Waals surface area contributed by atoms with Crippen molar-refractivity contribution in [2.75, 3.05) is 0 Å². The molecule has 0 spiro atoms. The lowest BCUT2D eigenvalue weighted by molar-refractivity contribution is -0.139. The zero-order valence-electron chi connectivity index (χ0n) is 9.63. The van der Waals surface area contributed by atoms with E-state index in [-0.39, 0.29) is 12.2 Å². The standard InChI is InChI=1S/C13H13NO3S/c15-11(16)7-10-12(17)9(13(18)14-10)6-8-4-2-1-3-5-8/h1-5,9-10H,6-7H2,(H,14,18)(H,15,16). The lowest BCUT2D eigenvalue weighted by Gasteiger charge is -2.07. The average molecular weight is 263 g/mol. The quantitative estimate of drug-likeness (QED) is 0.799. The Balaban J connectivity index is 2.08. The van der Waals surface area contributed by atoms with Crippen molar-refractivity contribution < 1.29 is 14.7 Å². The van der Waals surface area contributed by atoms with Gasteiger partial charge in [0.2, 0.25) is 0 Å². The normalized spacial score (nSPS) is 22.9. The number of hydrogen-bond acceptors (Lipinski definition) is 3. The van der Waals surface area contributed by atoms with Gasteiger partial charge in [-0.05, 0) is 12.0 Å². The Kier molecular flexibility index (Phi) is 3.72. The van der Waals surface area contributed by atoms with E-state index >= 15 is 0 Å². The summed E-state index contributed by atoms with van der Waals surface area (Å²) in [6, 6.07) is 8.90. The summed E-state index contributed by atoms with van der Waals surface area (Å²) in [7, 11) is 0. The molecule has 1 aliphatic rings. The van der Waals surface area contributed by atoms with E-state index < -0.39 is 17.9 Å². The van der Waals surface area contributed by atoms with Crippen molar-refractivity contribution in [2.45, 2.75) is 18.9 Å². The number of nitrogens with one attached hydrogen (secondary N) is 1. The minimum absolute atomic E-state index is 0.119. The Labute approximate surface area is 110 Å². The van der Waals surface area contributed by atoms with Gasteiger partial charge < -0.3 is 10.4 Å². The number of hydrogen-bond donors (Lipinski definition) is 2. The van der Waals surface area contributed by atoms with E-state index in [1.54, 1.807) is 0 Å². The molecule has 2 N–H and O–H groups in total. The molecular formula is C13H13NO3S. The number of benzene rings is 1. The molecule has 2 atom stereocenters. The lowest BCUT2D eigenvalue weighted by atomic mass is 9.94. The number of thiocarbonyl (C=S) groups is 1. The van der Waals surface area contributed by atoms with E-state index in [0.717, 1.165) is 5.56 Å². The summed E-state index contributed by atoms with van der Waals surface area (Å²) >= 11 is 5.12. The number of Topliss-reactive ketones (excluding diaryl/α,β-unsaturated/α-hetero) is 1. The largest absolute Gasteiger partial charge is 0.481 e. The molecule has 1 aromatic rings. The third-order valence-electron chi connectivity index (χ3n) is 2.98. The Morgan fingerprint density at radius 2 is 2.00 bits per heavy atom. The zero-order valence-corrected chi connectivity index (χ0v) is 10.4. The van der Waals surface area contributed by atoms with Crippen LogP contribution in [0.2, 0.25) is 0 Å². The Bertz CT molecular complexity index is 486. The Hall–Kier alpha value is -1.75. The van der Waals surface area contributed by atoms with Crippen LogP contribution in [0.1, 0.15) is 12.0 Å². The van der Waals surface area contributed by atoms with Gasteiger partial charge in [-0.3, -0.25) is 9.59 Å². The van der Waals surface area contributed by atoms with E-state index in [1.165, 1.54) is 0 Å². The van der Waals surface area contributed by atoms with Gasteiger partial charge in [-0.25, -0.2) is 0 Å². The van der Waals surface area contributed by atoms with Crippen molar-refractivity contribution in [3.63, 3.8) is 0 Å². The summed E-state index contributed by atoms with van der Waals surface area (Å²) in [6.07, 6.45) is 0.311. The molecule has 1 aromatic carbocycles. The topological polar surface area (TPSA) is 66.4 Å². The van der Waals surface area contributed by atoms with Gasteiger partial charge in [-0.2, -0.15) is 0 Å². The van der Waals surface area contributed by atoms with Crippen LogP contribution in [0, 0.1) is 5.92 Å². The lowest BCUT2D eigenvalue weighted by Crippen LogP contribution is -2.31. The van der Waals surface area contributed by atoms with Gasteiger partial charge in [0.25, 0.3) is 0 Å². The molecule has 1 fully saturated rings. The van der Waals surface area contributed by atoms with Gasteiger partial charge in [0.1, 0.15) is 0 Å². The molecule has 0 aromatic heterocycles. The van der Waals surface area contributed by atoms with Gasteiger partial charge in [0.15, 0.2) is 5.78 Å². The maximum absolute atomic E-state index is 12.0. The molecule has 0 saturated carbocycles. The Morgan fingerprint density at radius 3 is 2.61 bits per heavy atom. The molecule has 0 amide bonds. The minimum atomic E-state index is -0.996. The molecule has 1 heterocycles. The summed E-state index contributed by atoms with van der Waals surface area (Å²) in [4.78, 5) is 23.1. The monoisotopic (exact) mass is 263 g/mol. The second-order valence-corrected chi connectivity index (χ2v) is 4.74. The highest BCUT2D eigenvalue weighted by atomic mass is 32.1. The minimum Gasteiger partial charge on any atom is -0.481 e. The highest BCUT2D eigenvalue weighted by Gasteiger charge is 2.38. The molecule has 1 aliphatic heterocycles. The summed E-state index contributed by atoms with van der Waals surface area (Å²) < 4.78 is 0. The van der Waals surface area contributed by atoms with Crippen LogP contribution in [0.15, 0.2) is 30.3 Å². The predicted molar refractivity (Wildman–Crippen MR) is 70.4 cm³/mol. The van der Waals surface area contributed by atoms with Gasteiger partial charge in [-0.1, -0.05) is 42.5 Å². The maximum atomic E-state index is 12.0. The SMILES string of the molecule is O=C(O)CC1NC(=S)C(Cc2ccccc2)C1=O. The van der Waals surface area contributed by atoms with Crippen LogP contribution in [0.5, 0.6) is 0 Å². The molecule has 2 rings (SSSR count). The fourth-order valence-corrected chi connectivity index (χ4v) is 2.43. The molecule has 18 heavy (non-hydrogen) atoms. The molecule has 1 saturated heterocycles. The first-order valence-electron chi connectivity index (χ1n) is 5.67. The van der Waals surface area contributed by atoms with E-state index in [1.807, 2.05) is 30.3 Å². The highest BCUT2D eigenvalue weighted by Crippen LogP contribution is 2.20. The van der Waals surface area contributed by atoms with E-state index in [2.05, 4.69) is 5.32 Å². The van der Waals surface area contributed by atoms with Crippen LogP contribution in [0.4, 0.5) is 0 Å². The molecule has 94 valence electrons. The molecule has 4 nitrogen and oxygen atoms in total. The van der Waals surface area contributed by atoms with Crippen molar-refractivity contribution in [2.24, 2.45) is 5.92 Å². The van der Waals surface area contributed by atoms with E-state index in [9.17, 15) is 9.59 Å². The first-order valence-corrected chi connectivity index (χ1v) is 6.08. The number of carboxylic acids is 1. The van der Waals surface area contributed by atoms with Gasteiger partial charge in [-0.15, -0.1) is 0 Å². The van der Waals surface area contributed by atoms with Gasteiger partial charge >= 0.3 is 5.97 Å². The number of carbonyl (C=O) groups excluding carboxylic acids is 1. The molecule has 0 aliphatic carbocycles. The molecule has 0 radical (unpaired) electrons. The number of aliphatic carboxylic acids is 1. The third kappa shape index (κ3) is 2.73. The third-order valence-corrected chi connectivity index (χ3v) is 3.38. The van der Waals surface area contributed by atoms with E-state index in [4.69, 9.17) is 17.3 Å². The summed E-state index contributed by atoms with van der Waals surface area (Å²) in [5.74, 6) is -1.51. The molecule has 5 heteroatoms. The fourth-order valence-electron chi connectivity index (χ4n) is 2.08. The molecular weight excluding hydrogens is 250 g/mol. The molecule has 0 bridgehead atoms. The average Bonchev–Trinajstić information content (AvgIpc) is 2.58.